The first-order valence-corrected chi connectivity index (χ1v) is 10.4. The van der Waals surface area contributed by atoms with E-state index >= 15 is 0 Å². The lowest BCUT2D eigenvalue weighted by atomic mass is 10.00. The second kappa shape index (κ2) is 10.0. The number of aliphatic imine (C=N–C) groups is 1. The molecule has 3 rings (SSSR count). The molecule has 2 atom stereocenters. The Kier molecular flexibility index (Phi) is 7.42. The summed E-state index contributed by atoms with van der Waals surface area (Å²) in [6, 6.07) is 8.05. The van der Waals surface area contributed by atoms with E-state index in [9.17, 15) is 4.79 Å². The summed E-state index contributed by atoms with van der Waals surface area (Å²) in [5, 5.41) is 0. The Hall–Kier alpha value is -1.96. The van der Waals surface area contributed by atoms with E-state index in [4.69, 9.17) is 10.6 Å². The van der Waals surface area contributed by atoms with Crippen molar-refractivity contribution in [3.8, 4) is 0 Å². The van der Waals surface area contributed by atoms with Gasteiger partial charge in [-0.25, -0.2) is 0 Å². The zero-order chi connectivity index (χ0) is 19.9. The summed E-state index contributed by atoms with van der Waals surface area (Å²) in [6.45, 7) is 9.53. The lowest BCUT2D eigenvalue weighted by Gasteiger charge is -2.34. The number of unbranched alkanes of at least 4 members (excludes halogenated alkanes) is 1. The number of nitrogens with two attached hydrogens (primary N) is 1. The maximum Gasteiger partial charge on any atom is 0.253 e. The summed E-state index contributed by atoms with van der Waals surface area (Å²) in [5.74, 6) is 0.671. The number of carbonyl (C=O) groups is 1. The van der Waals surface area contributed by atoms with Crippen molar-refractivity contribution in [3.05, 3.63) is 35.4 Å². The summed E-state index contributed by atoms with van der Waals surface area (Å²) < 4.78 is 0. The van der Waals surface area contributed by atoms with E-state index in [0.717, 1.165) is 63.2 Å². The highest BCUT2D eigenvalue weighted by Gasteiger charge is 2.35. The number of amidine groups is 1. The molecule has 7 heteroatoms. The SMILES string of the molecule is CCCCN=C(N)c1ccc(C2CC(C(=O)N3CCN(CC)CC3)ON2)cc1. The highest BCUT2D eigenvalue weighted by molar-refractivity contribution is 5.97. The number of likely N-dealkylation sites (N-methyl/N-ethyl adjacent to an activating group) is 1. The number of hydrogen-bond donors (Lipinski definition) is 2. The number of nitrogens with zero attached hydrogens (tertiary/aromatic N) is 3. The van der Waals surface area contributed by atoms with E-state index in [1.165, 1.54) is 0 Å². The van der Waals surface area contributed by atoms with E-state index in [1.54, 1.807) is 0 Å². The topological polar surface area (TPSA) is 83.2 Å². The van der Waals surface area contributed by atoms with Gasteiger partial charge in [0.15, 0.2) is 6.10 Å². The number of piperazine rings is 1. The van der Waals surface area contributed by atoms with Gasteiger partial charge in [0.05, 0.1) is 6.04 Å². The molecule has 2 unspecified atom stereocenters. The van der Waals surface area contributed by atoms with E-state index in [1.807, 2.05) is 29.2 Å². The molecule has 2 saturated heterocycles. The predicted molar refractivity (Wildman–Crippen MR) is 111 cm³/mol. The molecule has 1 aromatic rings. The lowest BCUT2D eigenvalue weighted by Crippen LogP contribution is -2.51. The van der Waals surface area contributed by atoms with Crippen LogP contribution in [-0.2, 0) is 9.63 Å². The Morgan fingerprint density at radius 2 is 1.93 bits per heavy atom. The highest BCUT2D eigenvalue weighted by Crippen LogP contribution is 2.27. The normalized spacial score (nSPS) is 23.9. The van der Waals surface area contributed by atoms with Crippen LogP contribution in [0.4, 0.5) is 0 Å². The number of hydroxylamine groups is 1. The monoisotopic (exact) mass is 387 g/mol. The van der Waals surface area contributed by atoms with Gasteiger partial charge in [-0.2, -0.15) is 5.48 Å². The van der Waals surface area contributed by atoms with E-state index in [2.05, 4.69) is 29.2 Å². The summed E-state index contributed by atoms with van der Waals surface area (Å²) in [5.41, 5.74) is 11.1. The van der Waals surface area contributed by atoms with Crippen LogP contribution in [0.5, 0.6) is 0 Å². The fourth-order valence-electron chi connectivity index (χ4n) is 3.65. The van der Waals surface area contributed by atoms with Gasteiger partial charge in [-0.05, 0) is 18.5 Å². The predicted octanol–water partition coefficient (Wildman–Crippen LogP) is 1.69. The van der Waals surface area contributed by atoms with Crippen molar-refractivity contribution in [2.45, 2.75) is 45.3 Å². The molecule has 2 heterocycles. The second-order valence-corrected chi connectivity index (χ2v) is 7.51. The first-order valence-electron chi connectivity index (χ1n) is 10.4. The van der Waals surface area contributed by atoms with Gasteiger partial charge in [-0.1, -0.05) is 44.5 Å². The third-order valence-electron chi connectivity index (χ3n) is 5.61. The molecule has 2 aliphatic rings. The van der Waals surface area contributed by atoms with Crippen LogP contribution in [0.15, 0.2) is 29.3 Å². The minimum atomic E-state index is -0.418. The number of hydrogen-bond acceptors (Lipinski definition) is 5. The van der Waals surface area contributed by atoms with Crippen LogP contribution in [0.2, 0.25) is 0 Å². The summed E-state index contributed by atoms with van der Waals surface area (Å²) in [6.07, 6.45) is 2.38. The quantitative estimate of drug-likeness (QED) is 0.423. The zero-order valence-corrected chi connectivity index (χ0v) is 17.1. The van der Waals surface area contributed by atoms with Gasteiger partial charge in [0.2, 0.25) is 0 Å². The Morgan fingerprint density at radius 3 is 2.57 bits per heavy atom. The van der Waals surface area contributed by atoms with Gasteiger partial charge in [0.1, 0.15) is 5.84 Å². The molecular formula is C21H33N5O2. The molecule has 0 radical (unpaired) electrons. The maximum atomic E-state index is 12.8. The lowest BCUT2D eigenvalue weighted by molar-refractivity contribution is -0.145. The van der Waals surface area contributed by atoms with Gasteiger partial charge in [-0.15, -0.1) is 0 Å². The Balaban J connectivity index is 1.53. The van der Waals surface area contributed by atoms with Crippen LogP contribution in [0.1, 0.15) is 50.3 Å². The number of carbonyl (C=O) groups excluding carboxylic acids is 1. The number of nitrogens with one attached hydrogen (secondary N) is 1. The van der Waals surface area contributed by atoms with Gasteiger partial charge in [0.25, 0.3) is 5.91 Å². The fraction of sp³-hybridized carbons (Fsp3) is 0.619. The van der Waals surface area contributed by atoms with E-state index < -0.39 is 6.10 Å². The molecule has 0 aromatic heterocycles. The smallest absolute Gasteiger partial charge is 0.253 e. The molecule has 28 heavy (non-hydrogen) atoms. The Morgan fingerprint density at radius 1 is 1.21 bits per heavy atom. The van der Waals surface area contributed by atoms with Gasteiger partial charge in [-0.3, -0.25) is 14.6 Å². The summed E-state index contributed by atoms with van der Waals surface area (Å²) in [7, 11) is 0. The van der Waals surface area contributed by atoms with Crippen LogP contribution >= 0.6 is 0 Å². The standard InChI is InChI=1S/C21H33N5O2/c1-3-5-10-23-20(22)17-8-6-16(7-9-17)18-15-19(28-24-18)21(27)26-13-11-25(4-2)12-14-26/h6-9,18-19,24H,3-5,10-15H2,1-2H3,(H2,22,23). The second-order valence-electron chi connectivity index (χ2n) is 7.51. The molecule has 0 aliphatic carbocycles. The van der Waals surface area contributed by atoms with Crippen molar-refractivity contribution in [1.29, 1.82) is 0 Å². The van der Waals surface area contributed by atoms with Crippen LogP contribution in [0.3, 0.4) is 0 Å². The minimum absolute atomic E-state index is 0.0122. The summed E-state index contributed by atoms with van der Waals surface area (Å²) >= 11 is 0. The Labute approximate surface area is 167 Å². The molecular weight excluding hydrogens is 354 g/mol. The summed E-state index contributed by atoms with van der Waals surface area (Å²) in [4.78, 5) is 27.1. The van der Waals surface area contributed by atoms with Crippen LogP contribution < -0.4 is 11.2 Å². The molecule has 1 aromatic carbocycles. The minimum Gasteiger partial charge on any atom is -0.384 e. The molecule has 154 valence electrons. The Bertz CT molecular complexity index is 668. The average Bonchev–Trinajstić information content (AvgIpc) is 3.24. The zero-order valence-electron chi connectivity index (χ0n) is 17.1. The fourth-order valence-corrected chi connectivity index (χ4v) is 3.65. The van der Waals surface area contributed by atoms with E-state index in [0.29, 0.717) is 12.3 Å². The molecule has 0 bridgehead atoms. The van der Waals surface area contributed by atoms with Crippen molar-refractivity contribution in [2.24, 2.45) is 10.7 Å². The molecule has 1 amide bonds. The van der Waals surface area contributed by atoms with Crippen molar-refractivity contribution in [1.82, 2.24) is 15.3 Å². The highest BCUT2D eigenvalue weighted by atomic mass is 16.7. The van der Waals surface area contributed by atoms with Crippen LogP contribution in [-0.4, -0.2) is 66.9 Å². The van der Waals surface area contributed by atoms with Gasteiger partial charge < -0.3 is 15.5 Å². The molecule has 7 nitrogen and oxygen atoms in total. The molecule has 0 saturated carbocycles. The first-order chi connectivity index (χ1) is 13.6. The van der Waals surface area contributed by atoms with Gasteiger partial charge in [0, 0.05) is 44.7 Å². The number of benzene rings is 1. The van der Waals surface area contributed by atoms with Crippen molar-refractivity contribution in [2.75, 3.05) is 39.3 Å². The van der Waals surface area contributed by atoms with Crippen molar-refractivity contribution >= 4 is 11.7 Å². The number of rotatable bonds is 7. The maximum absolute atomic E-state index is 12.8. The van der Waals surface area contributed by atoms with Crippen LogP contribution in [0, 0.1) is 0 Å². The average molecular weight is 388 g/mol. The van der Waals surface area contributed by atoms with Crippen molar-refractivity contribution < 1.29 is 9.63 Å². The largest absolute Gasteiger partial charge is 0.384 e. The number of amides is 1. The van der Waals surface area contributed by atoms with Crippen LogP contribution in [0.25, 0.3) is 0 Å². The molecule has 3 N–H and O–H groups in total. The van der Waals surface area contributed by atoms with Crippen molar-refractivity contribution in [3.63, 3.8) is 0 Å². The van der Waals surface area contributed by atoms with Gasteiger partial charge >= 0.3 is 0 Å². The molecule has 0 spiro atoms. The molecule has 2 fully saturated rings. The molecule has 2 aliphatic heterocycles. The first kappa shape index (κ1) is 20.8. The third-order valence-corrected chi connectivity index (χ3v) is 5.61. The third kappa shape index (κ3) is 5.10. The van der Waals surface area contributed by atoms with E-state index in [-0.39, 0.29) is 11.9 Å².